The number of anilines is 3. The van der Waals surface area contributed by atoms with E-state index in [4.69, 9.17) is 4.74 Å². The van der Waals surface area contributed by atoms with Crippen LogP contribution in [0.4, 0.5) is 21.9 Å². The maximum Gasteiger partial charge on any atom is 0.412 e. The van der Waals surface area contributed by atoms with Gasteiger partial charge in [-0.1, -0.05) is 19.1 Å². The standard InChI is InChI=1S/C22H29N3O5S/c1-6-13-31(28,29)25-19-12-8-11-18(15(19)2)24-20(26)16-9-7-10-17(14-16)23-21(27)30-22(3,4)5/h7-12,14,25H,6,13H2,1-5H3,(H,23,27)(H,24,26). The van der Waals surface area contributed by atoms with Crippen molar-refractivity contribution in [3.05, 3.63) is 53.6 Å². The number of nitrogens with one attached hydrogen (secondary N) is 3. The first-order valence-corrected chi connectivity index (χ1v) is 11.6. The molecule has 0 aliphatic carbocycles. The predicted molar refractivity (Wildman–Crippen MR) is 123 cm³/mol. The Balaban J connectivity index is 2.15. The molecule has 0 aliphatic rings. The summed E-state index contributed by atoms with van der Waals surface area (Å²) in [6, 6.07) is 11.4. The molecular formula is C22H29N3O5S. The highest BCUT2D eigenvalue weighted by molar-refractivity contribution is 7.92. The molecule has 0 spiro atoms. The molecule has 0 radical (unpaired) electrons. The zero-order valence-electron chi connectivity index (χ0n) is 18.4. The van der Waals surface area contributed by atoms with Gasteiger partial charge in [-0.05, 0) is 70.0 Å². The molecule has 31 heavy (non-hydrogen) atoms. The molecule has 0 saturated carbocycles. The lowest BCUT2D eigenvalue weighted by Gasteiger charge is -2.19. The fourth-order valence-electron chi connectivity index (χ4n) is 2.72. The second kappa shape index (κ2) is 9.82. The van der Waals surface area contributed by atoms with Crippen LogP contribution in [0.25, 0.3) is 0 Å². The zero-order valence-corrected chi connectivity index (χ0v) is 19.2. The zero-order chi connectivity index (χ0) is 23.2. The maximum absolute atomic E-state index is 12.7. The quantitative estimate of drug-likeness (QED) is 0.567. The van der Waals surface area contributed by atoms with E-state index >= 15 is 0 Å². The number of ether oxygens (including phenoxy) is 1. The van der Waals surface area contributed by atoms with Crippen LogP contribution in [0.3, 0.4) is 0 Å². The van der Waals surface area contributed by atoms with Crippen LogP contribution in [-0.2, 0) is 14.8 Å². The van der Waals surface area contributed by atoms with Gasteiger partial charge in [0.15, 0.2) is 0 Å². The molecule has 2 amide bonds. The van der Waals surface area contributed by atoms with Gasteiger partial charge in [0.2, 0.25) is 10.0 Å². The average Bonchev–Trinajstić information content (AvgIpc) is 2.63. The summed E-state index contributed by atoms with van der Waals surface area (Å²) in [5.41, 5.74) is 1.59. The number of hydrogen-bond acceptors (Lipinski definition) is 5. The van der Waals surface area contributed by atoms with E-state index in [1.165, 1.54) is 6.07 Å². The number of sulfonamides is 1. The Hall–Kier alpha value is -3.07. The Morgan fingerprint density at radius 3 is 2.29 bits per heavy atom. The van der Waals surface area contributed by atoms with E-state index in [1.54, 1.807) is 71.0 Å². The molecule has 0 saturated heterocycles. The van der Waals surface area contributed by atoms with Gasteiger partial charge in [-0.3, -0.25) is 14.8 Å². The van der Waals surface area contributed by atoms with Gasteiger partial charge in [-0.2, -0.15) is 0 Å². The third-order valence-corrected chi connectivity index (χ3v) is 5.57. The highest BCUT2D eigenvalue weighted by Crippen LogP contribution is 2.25. The van der Waals surface area contributed by atoms with Crippen molar-refractivity contribution in [3.63, 3.8) is 0 Å². The van der Waals surface area contributed by atoms with Crippen LogP contribution in [0.2, 0.25) is 0 Å². The second-order valence-corrected chi connectivity index (χ2v) is 9.90. The van der Waals surface area contributed by atoms with E-state index in [1.807, 2.05) is 0 Å². The highest BCUT2D eigenvalue weighted by atomic mass is 32.2. The van der Waals surface area contributed by atoms with Crippen LogP contribution in [0.5, 0.6) is 0 Å². The van der Waals surface area contributed by atoms with Crippen LogP contribution >= 0.6 is 0 Å². The fourth-order valence-corrected chi connectivity index (χ4v) is 3.92. The van der Waals surface area contributed by atoms with Crippen LogP contribution in [0.1, 0.15) is 50.0 Å². The maximum atomic E-state index is 12.7. The summed E-state index contributed by atoms with van der Waals surface area (Å²) in [7, 11) is -3.45. The number of amides is 2. The lowest BCUT2D eigenvalue weighted by Crippen LogP contribution is -2.27. The molecule has 8 nitrogen and oxygen atoms in total. The van der Waals surface area contributed by atoms with Crippen molar-refractivity contribution in [1.82, 2.24) is 0 Å². The van der Waals surface area contributed by atoms with E-state index < -0.39 is 27.6 Å². The van der Waals surface area contributed by atoms with Crippen molar-refractivity contribution in [2.24, 2.45) is 0 Å². The van der Waals surface area contributed by atoms with Gasteiger partial charge in [0.05, 0.1) is 11.4 Å². The fraction of sp³-hybridized carbons (Fsp3) is 0.364. The van der Waals surface area contributed by atoms with E-state index in [-0.39, 0.29) is 5.75 Å². The summed E-state index contributed by atoms with van der Waals surface area (Å²) in [5, 5.41) is 5.38. The molecule has 9 heteroatoms. The van der Waals surface area contributed by atoms with Crippen molar-refractivity contribution in [2.75, 3.05) is 21.1 Å². The van der Waals surface area contributed by atoms with Gasteiger partial charge < -0.3 is 10.1 Å². The van der Waals surface area contributed by atoms with Crippen molar-refractivity contribution in [3.8, 4) is 0 Å². The Labute approximate surface area is 183 Å². The van der Waals surface area contributed by atoms with Gasteiger partial charge in [0, 0.05) is 16.9 Å². The molecule has 0 bridgehead atoms. The molecule has 0 aromatic heterocycles. The molecule has 3 N–H and O–H groups in total. The second-order valence-electron chi connectivity index (χ2n) is 8.06. The van der Waals surface area contributed by atoms with E-state index in [0.29, 0.717) is 34.6 Å². The Morgan fingerprint density at radius 1 is 1.00 bits per heavy atom. The molecule has 168 valence electrons. The third kappa shape index (κ3) is 7.60. The lowest BCUT2D eigenvalue weighted by atomic mass is 10.1. The number of benzene rings is 2. The molecule has 2 aromatic rings. The summed E-state index contributed by atoms with van der Waals surface area (Å²) in [6.45, 7) is 8.79. The van der Waals surface area contributed by atoms with Crippen LogP contribution in [-0.4, -0.2) is 31.8 Å². The minimum atomic E-state index is -3.45. The van der Waals surface area contributed by atoms with E-state index in [0.717, 1.165) is 0 Å². The predicted octanol–water partition coefficient (Wildman–Crippen LogP) is 4.75. The Morgan fingerprint density at radius 2 is 1.65 bits per heavy atom. The number of carbonyl (C=O) groups is 2. The first-order chi connectivity index (χ1) is 14.4. The molecule has 0 aliphatic heterocycles. The summed E-state index contributed by atoms with van der Waals surface area (Å²) >= 11 is 0. The van der Waals surface area contributed by atoms with E-state index in [9.17, 15) is 18.0 Å². The summed E-state index contributed by atoms with van der Waals surface area (Å²) in [5.74, 6) is -0.384. The van der Waals surface area contributed by atoms with Crippen LogP contribution < -0.4 is 15.4 Å². The smallest absolute Gasteiger partial charge is 0.412 e. The van der Waals surface area contributed by atoms with Gasteiger partial charge >= 0.3 is 6.09 Å². The van der Waals surface area contributed by atoms with Crippen molar-refractivity contribution >= 4 is 39.1 Å². The molecule has 2 rings (SSSR count). The average molecular weight is 448 g/mol. The molecule has 0 atom stereocenters. The van der Waals surface area contributed by atoms with E-state index in [2.05, 4.69) is 15.4 Å². The summed E-state index contributed by atoms with van der Waals surface area (Å²) in [6.07, 6.45) is -0.119. The molecular weight excluding hydrogens is 418 g/mol. The highest BCUT2D eigenvalue weighted by Gasteiger charge is 2.17. The van der Waals surface area contributed by atoms with Crippen molar-refractivity contribution < 1.29 is 22.7 Å². The number of hydrogen-bond donors (Lipinski definition) is 3. The van der Waals surface area contributed by atoms with Crippen molar-refractivity contribution in [1.29, 1.82) is 0 Å². The Bertz CT molecular complexity index is 1060. The minimum Gasteiger partial charge on any atom is -0.444 e. The largest absolute Gasteiger partial charge is 0.444 e. The number of rotatable bonds is 7. The molecule has 0 fully saturated rings. The van der Waals surface area contributed by atoms with Gasteiger partial charge in [-0.25, -0.2) is 13.2 Å². The third-order valence-electron chi connectivity index (χ3n) is 4.09. The van der Waals surface area contributed by atoms with Gasteiger partial charge in [0.1, 0.15) is 5.60 Å². The minimum absolute atomic E-state index is 0.0144. The topological polar surface area (TPSA) is 114 Å². The monoisotopic (exact) mass is 447 g/mol. The number of carbonyl (C=O) groups excluding carboxylic acids is 2. The summed E-state index contributed by atoms with van der Waals surface area (Å²) < 4.78 is 31.9. The molecule has 0 heterocycles. The van der Waals surface area contributed by atoms with Crippen LogP contribution in [0.15, 0.2) is 42.5 Å². The SMILES string of the molecule is CCCS(=O)(=O)Nc1cccc(NC(=O)c2cccc(NC(=O)OC(C)(C)C)c2)c1C. The lowest BCUT2D eigenvalue weighted by molar-refractivity contribution is 0.0635. The van der Waals surface area contributed by atoms with Gasteiger partial charge in [0.25, 0.3) is 5.91 Å². The molecule has 2 aromatic carbocycles. The first kappa shape index (κ1) is 24.2. The van der Waals surface area contributed by atoms with Crippen molar-refractivity contribution in [2.45, 2.75) is 46.6 Å². The molecule has 0 unspecified atom stereocenters. The summed E-state index contributed by atoms with van der Waals surface area (Å²) in [4.78, 5) is 24.7. The van der Waals surface area contributed by atoms with Crippen LogP contribution in [0, 0.1) is 6.92 Å². The Kier molecular flexibility index (Phi) is 7.67. The first-order valence-electron chi connectivity index (χ1n) is 9.92. The normalized spacial score (nSPS) is 11.5. The van der Waals surface area contributed by atoms with Gasteiger partial charge in [-0.15, -0.1) is 0 Å².